The topological polar surface area (TPSA) is 79.0 Å². The van der Waals surface area contributed by atoms with E-state index in [0.29, 0.717) is 13.1 Å². The SMILES string of the molecule is COc1cccc(N2CCN(C(=O)C[C@@H]3SC(=O)NC3=O)CC2)c1. The number of benzene rings is 1. The molecule has 2 aliphatic heterocycles. The lowest BCUT2D eigenvalue weighted by atomic mass is 10.2. The number of thioether (sulfide) groups is 1. The molecule has 0 saturated carbocycles. The fraction of sp³-hybridized carbons (Fsp3) is 0.438. The highest BCUT2D eigenvalue weighted by molar-refractivity contribution is 8.15. The number of anilines is 1. The molecule has 0 bridgehead atoms. The van der Waals surface area contributed by atoms with Gasteiger partial charge in [0.1, 0.15) is 11.0 Å². The molecule has 0 radical (unpaired) electrons. The second kappa shape index (κ2) is 7.12. The van der Waals surface area contributed by atoms with Crippen molar-refractivity contribution < 1.29 is 19.1 Å². The molecule has 0 aliphatic carbocycles. The van der Waals surface area contributed by atoms with Crippen LogP contribution in [0.3, 0.4) is 0 Å². The van der Waals surface area contributed by atoms with Crippen molar-refractivity contribution >= 4 is 34.5 Å². The minimum atomic E-state index is -0.596. The number of nitrogens with zero attached hydrogens (tertiary/aromatic N) is 2. The molecule has 1 atom stereocenters. The van der Waals surface area contributed by atoms with Gasteiger partial charge in [0.25, 0.3) is 5.24 Å². The van der Waals surface area contributed by atoms with Gasteiger partial charge in [-0.15, -0.1) is 0 Å². The van der Waals surface area contributed by atoms with Gasteiger partial charge in [0, 0.05) is 44.4 Å². The Hall–Kier alpha value is -2.22. The molecule has 1 aromatic carbocycles. The molecule has 2 aliphatic rings. The number of carbonyl (C=O) groups is 3. The van der Waals surface area contributed by atoms with Crippen LogP contribution in [0.4, 0.5) is 10.5 Å². The second-order valence-electron chi connectivity index (χ2n) is 5.66. The number of carbonyl (C=O) groups excluding carboxylic acids is 3. The molecule has 0 unspecified atom stereocenters. The molecule has 3 rings (SSSR count). The number of ether oxygens (including phenoxy) is 1. The molecule has 7 nitrogen and oxygen atoms in total. The van der Waals surface area contributed by atoms with E-state index in [-0.39, 0.29) is 23.5 Å². The first-order valence-corrected chi connectivity index (χ1v) is 8.63. The molecular weight excluding hydrogens is 330 g/mol. The van der Waals surface area contributed by atoms with E-state index in [9.17, 15) is 14.4 Å². The van der Waals surface area contributed by atoms with Gasteiger partial charge in [0.05, 0.1) is 7.11 Å². The molecule has 24 heavy (non-hydrogen) atoms. The van der Waals surface area contributed by atoms with Gasteiger partial charge in [-0.05, 0) is 12.1 Å². The maximum absolute atomic E-state index is 12.3. The van der Waals surface area contributed by atoms with Crippen LogP contribution in [0.15, 0.2) is 24.3 Å². The van der Waals surface area contributed by atoms with Crippen LogP contribution in [-0.4, -0.2) is 60.5 Å². The van der Waals surface area contributed by atoms with Crippen molar-refractivity contribution in [2.24, 2.45) is 0 Å². The predicted molar refractivity (Wildman–Crippen MR) is 91.3 cm³/mol. The average molecular weight is 349 g/mol. The lowest BCUT2D eigenvalue weighted by Crippen LogP contribution is -2.49. The van der Waals surface area contributed by atoms with Crippen LogP contribution in [0.5, 0.6) is 5.75 Å². The lowest BCUT2D eigenvalue weighted by Gasteiger charge is -2.36. The van der Waals surface area contributed by atoms with Crippen LogP contribution >= 0.6 is 11.8 Å². The molecule has 3 amide bonds. The zero-order valence-electron chi connectivity index (χ0n) is 13.4. The van der Waals surface area contributed by atoms with E-state index in [1.165, 1.54) is 0 Å². The summed E-state index contributed by atoms with van der Waals surface area (Å²) < 4.78 is 5.24. The lowest BCUT2D eigenvalue weighted by molar-refractivity contribution is -0.133. The fourth-order valence-electron chi connectivity index (χ4n) is 2.84. The summed E-state index contributed by atoms with van der Waals surface area (Å²) in [4.78, 5) is 39.0. The van der Waals surface area contributed by atoms with Crippen LogP contribution in [0.25, 0.3) is 0 Å². The number of hydrogen-bond donors (Lipinski definition) is 1. The number of rotatable bonds is 4. The normalized spacial score (nSPS) is 21.0. The number of nitrogens with one attached hydrogen (secondary N) is 1. The zero-order chi connectivity index (χ0) is 17.1. The molecule has 2 heterocycles. The van der Waals surface area contributed by atoms with Crippen LogP contribution < -0.4 is 15.0 Å². The van der Waals surface area contributed by atoms with Crippen molar-refractivity contribution in [3.05, 3.63) is 24.3 Å². The summed E-state index contributed by atoms with van der Waals surface area (Å²) in [5.74, 6) is 0.357. The fourth-order valence-corrected chi connectivity index (χ4v) is 3.65. The van der Waals surface area contributed by atoms with Crippen molar-refractivity contribution in [3.63, 3.8) is 0 Å². The van der Waals surface area contributed by atoms with Crippen LogP contribution in [0, 0.1) is 0 Å². The Morgan fingerprint density at radius 1 is 1.29 bits per heavy atom. The third-order valence-corrected chi connectivity index (χ3v) is 5.16. The highest BCUT2D eigenvalue weighted by Crippen LogP contribution is 2.24. The molecule has 0 aromatic heterocycles. The second-order valence-corrected chi connectivity index (χ2v) is 6.83. The molecule has 1 N–H and O–H groups in total. The number of piperazine rings is 1. The third-order valence-electron chi connectivity index (χ3n) is 4.18. The Labute approximate surface area is 144 Å². The molecule has 1 aromatic rings. The largest absolute Gasteiger partial charge is 0.497 e. The number of hydrogen-bond acceptors (Lipinski definition) is 6. The molecule has 128 valence electrons. The quantitative estimate of drug-likeness (QED) is 0.876. The van der Waals surface area contributed by atoms with E-state index in [0.717, 1.165) is 36.3 Å². The Balaban J connectivity index is 1.53. The predicted octanol–water partition coefficient (Wildman–Crippen LogP) is 1.09. The molecule has 2 saturated heterocycles. The first kappa shape index (κ1) is 16.6. The van der Waals surface area contributed by atoms with Crippen molar-refractivity contribution in [1.82, 2.24) is 10.2 Å². The maximum atomic E-state index is 12.3. The van der Waals surface area contributed by atoms with Gasteiger partial charge < -0.3 is 14.5 Å². The summed E-state index contributed by atoms with van der Waals surface area (Å²) in [6.07, 6.45) is 0.0708. The summed E-state index contributed by atoms with van der Waals surface area (Å²) in [7, 11) is 1.64. The standard InChI is InChI=1S/C16H19N3O4S/c1-23-12-4-2-3-11(9-12)18-5-7-19(8-6-18)14(20)10-13-15(21)17-16(22)24-13/h2-4,9,13H,5-8,10H2,1H3,(H,17,21,22)/t13-/m0/s1. The zero-order valence-corrected chi connectivity index (χ0v) is 14.2. The third kappa shape index (κ3) is 3.64. The Bertz CT molecular complexity index is 658. The average Bonchev–Trinajstić information content (AvgIpc) is 2.92. The van der Waals surface area contributed by atoms with E-state index in [2.05, 4.69) is 10.2 Å². The van der Waals surface area contributed by atoms with Gasteiger partial charge in [0.15, 0.2) is 0 Å². The summed E-state index contributed by atoms with van der Waals surface area (Å²) >= 11 is 0.896. The van der Waals surface area contributed by atoms with E-state index in [1.807, 2.05) is 24.3 Å². The summed E-state index contributed by atoms with van der Waals surface area (Å²) in [5.41, 5.74) is 1.07. The minimum Gasteiger partial charge on any atom is -0.497 e. The molecule has 2 fully saturated rings. The van der Waals surface area contributed by atoms with Gasteiger partial charge in [-0.1, -0.05) is 17.8 Å². The molecular formula is C16H19N3O4S. The number of methoxy groups -OCH3 is 1. The van der Waals surface area contributed by atoms with Crippen LogP contribution in [0.1, 0.15) is 6.42 Å². The van der Waals surface area contributed by atoms with Crippen molar-refractivity contribution in [2.45, 2.75) is 11.7 Å². The van der Waals surface area contributed by atoms with Gasteiger partial charge in [-0.25, -0.2) is 0 Å². The van der Waals surface area contributed by atoms with Gasteiger partial charge in [0.2, 0.25) is 11.8 Å². The van der Waals surface area contributed by atoms with Crippen LogP contribution in [0.2, 0.25) is 0 Å². The Morgan fingerprint density at radius 2 is 2.04 bits per heavy atom. The monoisotopic (exact) mass is 349 g/mol. The van der Waals surface area contributed by atoms with Crippen molar-refractivity contribution in [2.75, 3.05) is 38.2 Å². The first-order chi connectivity index (χ1) is 11.6. The smallest absolute Gasteiger partial charge is 0.286 e. The minimum absolute atomic E-state index is 0.0708. The highest BCUT2D eigenvalue weighted by Gasteiger charge is 2.35. The number of amides is 3. The molecule has 8 heteroatoms. The van der Waals surface area contributed by atoms with Gasteiger partial charge in [-0.2, -0.15) is 0 Å². The highest BCUT2D eigenvalue weighted by atomic mass is 32.2. The van der Waals surface area contributed by atoms with E-state index < -0.39 is 5.25 Å². The Kier molecular flexibility index (Phi) is 4.94. The summed E-state index contributed by atoms with van der Waals surface area (Å²) in [6.45, 7) is 2.65. The van der Waals surface area contributed by atoms with E-state index >= 15 is 0 Å². The van der Waals surface area contributed by atoms with E-state index in [1.54, 1.807) is 12.0 Å². The first-order valence-electron chi connectivity index (χ1n) is 7.75. The van der Waals surface area contributed by atoms with Crippen molar-refractivity contribution in [1.29, 1.82) is 0 Å². The van der Waals surface area contributed by atoms with Crippen molar-refractivity contribution in [3.8, 4) is 5.75 Å². The maximum Gasteiger partial charge on any atom is 0.286 e. The summed E-state index contributed by atoms with van der Waals surface area (Å²) in [6, 6.07) is 7.83. The van der Waals surface area contributed by atoms with Gasteiger partial charge in [-0.3, -0.25) is 19.7 Å². The molecule has 0 spiro atoms. The van der Waals surface area contributed by atoms with Gasteiger partial charge >= 0.3 is 0 Å². The van der Waals surface area contributed by atoms with E-state index in [4.69, 9.17) is 4.74 Å². The summed E-state index contributed by atoms with van der Waals surface area (Å²) in [5, 5.41) is 1.24. The Morgan fingerprint density at radius 3 is 2.67 bits per heavy atom. The van der Waals surface area contributed by atoms with Crippen LogP contribution in [-0.2, 0) is 9.59 Å². The number of imide groups is 1.